The summed E-state index contributed by atoms with van der Waals surface area (Å²) in [6.07, 6.45) is 6.61. The van der Waals surface area contributed by atoms with Gasteiger partial charge in [0, 0.05) is 12.6 Å². The lowest BCUT2D eigenvalue weighted by Gasteiger charge is -2.37. The summed E-state index contributed by atoms with van der Waals surface area (Å²) in [4.78, 5) is 11.2. The summed E-state index contributed by atoms with van der Waals surface area (Å²) >= 11 is 0. The molecule has 2 aliphatic rings. The molecule has 2 saturated carbocycles. The van der Waals surface area contributed by atoms with E-state index in [9.17, 15) is 14.3 Å². The third kappa shape index (κ3) is 6.18. The zero-order valence-electron chi connectivity index (χ0n) is 20.6. The molecule has 0 radical (unpaired) electrons. The normalized spacial score (nSPS) is 25.3. The molecule has 2 aromatic carbocycles. The third-order valence-corrected chi connectivity index (χ3v) is 7.76. The van der Waals surface area contributed by atoms with Crippen LogP contribution in [0.4, 0.5) is 4.39 Å². The lowest BCUT2D eigenvalue weighted by atomic mass is 9.72. The molecule has 2 fully saturated rings. The zero-order chi connectivity index (χ0) is 24.3. The summed E-state index contributed by atoms with van der Waals surface area (Å²) in [6, 6.07) is 13.6. The number of carbonyl (C=O) groups is 1. The Morgan fingerprint density at radius 3 is 2.41 bits per heavy atom. The first-order chi connectivity index (χ1) is 16.2. The number of nitrogens with one attached hydrogen (secondary N) is 1. The van der Waals surface area contributed by atoms with Gasteiger partial charge in [0.1, 0.15) is 0 Å². The van der Waals surface area contributed by atoms with E-state index in [2.05, 4.69) is 32.2 Å². The molecule has 2 N–H and O–H groups in total. The highest BCUT2D eigenvalue weighted by Crippen LogP contribution is 2.39. The molecule has 0 spiro atoms. The molecule has 2 unspecified atom stereocenters. The van der Waals surface area contributed by atoms with Gasteiger partial charge in [-0.2, -0.15) is 0 Å². The number of carboxylic acids is 1. The quantitative estimate of drug-likeness (QED) is 0.469. The maximum absolute atomic E-state index is 14.9. The topological polar surface area (TPSA) is 58.6 Å². The van der Waals surface area contributed by atoms with Crippen LogP contribution in [-0.2, 0) is 11.3 Å². The smallest absolute Gasteiger partial charge is 0.306 e. The summed E-state index contributed by atoms with van der Waals surface area (Å²) in [5.41, 5.74) is 3.22. The van der Waals surface area contributed by atoms with Gasteiger partial charge in [0.2, 0.25) is 0 Å². The first-order valence-corrected chi connectivity index (χ1v) is 12.7. The molecule has 4 rings (SSSR count). The van der Waals surface area contributed by atoms with Crippen molar-refractivity contribution in [1.82, 2.24) is 5.32 Å². The zero-order valence-corrected chi connectivity index (χ0v) is 20.6. The van der Waals surface area contributed by atoms with Crippen LogP contribution >= 0.6 is 0 Å². The van der Waals surface area contributed by atoms with Gasteiger partial charge in [-0.3, -0.25) is 4.79 Å². The highest BCUT2D eigenvalue weighted by atomic mass is 19.1. The van der Waals surface area contributed by atoms with Crippen molar-refractivity contribution < 1.29 is 19.0 Å². The van der Waals surface area contributed by atoms with Gasteiger partial charge >= 0.3 is 5.97 Å². The molecule has 2 atom stereocenters. The van der Waals surface area contributed by atoms with Crippen molar-refractivity contribution in [2.45, 2.75) is 84.4 Å². The summed E-state index contributed by atoms with van der Waals surface area (Å²) in [6.45, 7) is 7.56. The summed E-state index contributed by atoms with van der Waals surface area (Å²) in [7, 11) is 0. The SMILES string of the molecule is CC(C)(C)C1CCC(Oc2ccc(-c3cccc(CNC4CCC(C(=O)O)C4)c3)cc2F)CC1. The fraction of sp³-hybridized carbons (Fsp3) is 0.552. The summed E-state index contributed by atoms with van der Waals surface area (Å²) < 4.78 is 21.0. The van der Waals surface area contributed by atoms with Crippen molar-refractivity contribution in [3.8, 4) is 16.9 Å². The number of aliphatic carboxylic acids is 1. The Balaban J connectivity index is 1.34. The van der Waals surface area contributed by atoms with Crippen molar-refractivity contribution in [3.05, 3.63) is 53.8 Å². The van der Waals surface area contributed by atoms with Gasteiger partial charge in [0.15, 0.2) is 11.6 Å². The van der Waals surface area contributed by atoms with Gasteiger partial charge in [0.25, 0.3) is 0 Å². The van der Waals surface area contributed by atoms with Crippen LogP contribution < -0.4 is 10.1 Å². The molecule has 4 nitrogen and oxygen atoms in total. The van der Waals surface area contributed by atoms with Gasteiger partial charge in [-0.25, -0.2) is 4.39 Å². The van der Waals surface area contributed by atoms with E-state index < -0.39 is 5.97 Å². The van der Waals surface area contributed by atoms with Crippen LogP contribution in [-0.4, -0.2) is 23.2 Å². The average Bonchev–Trinajstić information content (AvgIpc) is 3.29. The van der Waals surface area contributed by atoms with E-state index in [0.29, 0.717) is 30.0 Å². The van der Waals surface area contributed by atoms with Crippen LogP contribution in [0, 0.1) is 23.1 Å². The minimum Gasteiger partial charge on any atom is -0.487 e. The predicted molar refractivity (Wildman–Crippen MR) is 133 cm³/mol. The molecule has 2 aliphatic carbocycles. The lowest BCUT2D eigenvalue weighted by molar-refractivity contribution is -0.141. The fourth-order valence-electron chi connectivity index (χ4n) is 5.52. The van der Waals surface area contributed by atoms with E-state index in [1.165, 1.54) is 0 Å². The Morgan fingerprint density at radius 1 is 1.03 bits per heavy atom. The van der Waals surface area contributed by atoms with Crippen molar-refractivity contribution in [3.63, 3.8) is 0 Å². The molecular formula is C29H38FNO3. The van der Waals surface area contributed by atoms with E-state index in [1.54, 1.807) is 12.1 Å². The van der Waals surface area contributed by atoms with Gasteiger partial charge in [-0.15, -0.1) is 0 Å². The minimum absolute atomic E-state index is 0.0877. The van der Waals surface area contributed by atoms with Gasteiger partial charge in [0.05, 0.1) is 12.0 Å². The van der Waals surface area contributed by atoms with Crippen molar-refractivity contribution in [2.75, 3.05) is 0 Å². The maximum atomic E-state index is 14.9. The molecule has 0 bridgehead atoms. The molecule has 184 valence electrons. The molecule has 0 heterocycles. The standard InChI is InChI=1S/C29H38FNO3/c1-29(2,3)23-9-12-25(13-10-23)34-27-14-8-21(17-26(27)30)20-6-4-5-19(15-20)18-31-24-11-7-22(16-24)28(32)33/h4-6,8,14-15,17,22-25,31H,7,9-13,16,18H2,1-3H3,(H,32,33). The predicted octanol–water partition coefficient (Wildman–Crippen LogP) is 6.82. The van der Waals surface area contributed by atoms with E-state index in [1.807, 2.05) is 24.3 Å². The van der Waals surface area contributed by atoms with Crippen molar-refractivity contribution in [1.29, 1.82) is 0 Å². The Hall–Kier alpha value is -2.40. The monoisotopic (exact) mass is 467 g/mol. The highest BCUT2D eigenvalue weighted by molar-refractivity contribution is 5.70. The minimum atomic E-state index is -0.696. The number of benzene rings is 2. The molecule has 34 heavy (non-hydrogen) atoms. The van der Waals surface area contributed by atoms with Gasteiger partial charge in [-0.1, -0.05) is 45.0 Å². The van der Waals surface area contributed by atoms with Crippen LogP contribution in [0.3, 0.4) is 0 Å². The van der Waals surface area contributed by atoms with E-state index >= 15 is 0 Å². The Labute approximate surface area is 202 Å². The van der Waals surface area contributed by atoms with E-state index in [-0.39, 0.29) is 23.9 Å². The molecule has 0 aliphatic heterocycles. The Bertz CT molecular complexity index is 991. The largest absolute Gasteiger partial charge is 0.487 e. The van der Waals surface area contributed by atoms with E-state index in [0.717, 1.165) is 55.2 Å². The molecule has 0 saturated heterocycles. The van der Waals surface area contributed by atoms with E-state index in [4.69, 9.17) is 4.74 Å². The molecule has 0 amide bonds. The van der Waals surface area contributed by atoms with Crippen LogP contribution in [0.15, 0.2) is 42.5 Å². The molecule has 2 aromatic rings. The second kappa shape index (κ2) is 10.5. The average molecular weight is 468 g/mol. The first-order valence-electron chi connectivity index (χ1n) is 12.7. The number of rotatable bonds is 7. The second-order valence-electron chi connectivity index (χ2n) is 11.2. The number of hydrogen-bond donors (Lipinski definition) is 2. The van der Waals surface area contributed by atoms with Crippen LogP contribution in [0.25, 0.3) is 11.1 Å². The Kier molecular flexibility index (Phi) is 7.61. The third-order valence-electron chi connectivity index (χ3n) is 7.76. The number of hydrogen-bond acceptors (Lipinski definition) is 3. The fourth-order valence-corrected chi connectivity index (χ4v) is 5.52. The summed E-state index contributed by atoms with van der Waals surface area (Å²) in [5, 5.41) is 12.7. The van der Waals surface area contributed by atoms with Gasteiger partial charge < -0.3 is 15.2 Å². The molecule has 0 aromatic heterocycles. The van der Waals surface area contributed by atoms with Crippen molar-refractivity contribution >= 4 is 5.97 Å². The first kappa shape index (κ1) is 24.7. The van der Waals surface area contributed by atoms with Crippen LogP contribution in [0.1, 0.15) is 71.3 Å². The van der Waals surface area contributed by atoms with Crippen LogP contribution in [0.5, 0.6) is 5.75 Å². The van der Waals surface area contributed by atoms with Crippen LogP contribution in [0.2, 0.25) is 0 Å². The highest BCUT2D eigenvalue weighted by Gasteiger charge is 2.31. The molecule has 5 heteroatoms. The molecular weight excluding hydrogens is 429 g/mol. The maximum Gasteiger partial charge on any atom is 0.306 e. The summed E-state index contributed by atoms with van der Waals surface area (Å²) in [5.74, 6) is -0.201. The second-order valence-corrected chi connectivity index (χ2v) is 11.2. The Morgan fingerprint density at radius 2 is 1.76 bits per heavy atom. The van der Waals surface area contributed by atoms with Gasteiger partial charge in [-0.05, 0) is 91.2 Å². The number of halogens is 1. The number of carboxylic acid groups (broad SMARTS) is 1. The lowest BCUT2D eigenvalue weighted by Crippen LogP contribution is -2.30. The number of ether oxygens (including phenoxy) is 1. The van der Waals surface area contributed by atoms with Crippen molar-refractivity contribution in [2.24, 2.45) is 17.3 Å².